The van der Waals surface area contributed by atoms with Crippen LogP contribution in [0, 0.1) is 0 Å². The molecule has 122 valence electrons. The Hall–Kier alpha value is -0.850. The second-order valence-electron chi connectivity index (χ2n) is 6.76. The molecule has 6 nitrogen and oxygen atoms in total. The molecule has 0 bridgehead atoms. The minimum Gasteiger partial charge on any atom is -0.444 e. The van der Waals surface area contributed by atoms with Crippen LogP contribution >= 0.6 is 0 Å². The molecule has 21 heavy (non-hydrogen) atoms. The van der Waals surface area contributed by atoms with E-state index in [2.05, 4.69) is 0 Å². The van der Waals surface area contributed by atoms with E-state index >= 15 is 0 Å². The van der Waals surface area contributed by atoms with Gasteiger partial charge in [0.2, 0.25) is 0 Å². The van der Waals surface area contributed by atoms with Gasteiger partial charge in [-0.1, -0.05) is 0 Å². The van der Waals surface area contributed by atoms with Crippen molar-refractivity contribution >= 4 is 6.09 Å². The van der Waals surface area contributed by atoms with Crippen LogP contribution in [0.25, 0.3) is 0 Å². The number of amides is 1. The fraction of sp³-hybridized carbons (Fsp3) is 0.933. The summed E-state index contributed by atoms with van der Waals surface area (Å²) in [5.41, 5.74) is -0.539. The lowest BCUT2D eigenvalue weighted by atomic mass is 10.2. The molecule has 1 N–H and O–H groups in total. The lowest BCUT2D eigenvalue weighted by molar-refractivity contribution is -0.185. The van der Waals surface area contributed by atoms with E-state index in [9.17, 15) is 9.90 Å². The van der Waals surface area contributed by atoms with Crippen LogP contribution in [0.15, 0.2) is 0 Å². The first-order valence-electron chi connectivity index (χ1n) is 7.76. The highest BCUT2D eigenvalue weighted by atomic mass is 16.7. The van der Waals surface area contributed by atoms with Crippen molar-refractivity contribution in [2.75, 3.05) is 19.8 Å². The zero-order valence-electron chi connectivity index (χ0n) is 13.2. The molecular weight excluding hydrogens is 274 g/mol. The number of rotatable bonds is 3. The summed E-state index contributed by atoms with van der Waals surface area (Å²) in [4.78, 5) is 13.7. The van der Waals surface area contributed by atoms with E-state index in [1.54, 1.807) is 4.90 Å². The van der Waals surface area contributed by atoms with E-state index in [4.69, 9.17) is 14.2 Å². The molecule has 2 aliphatic rings. The summed E-state index contributed by atoms with van der Waals surface area (Å²) < 4.78 is 16.9. The Kier molecular flexibility index (Phi) is 5.46. The van der Waals surface area contributed by atoms with Crippen LogP contribution < -0.4 is 0 Å². The van der Waals surface area contributed by atoms with Crippen molar-refractivity contribution in [3.05, 3.63) is 0 Å². The van der Waals surface area contributed by atoms with Gasteiger partial charge in [-0.3, -0.25) is 0 Å². The first kappa shape index (κ1) is 16.5. The van der Waals surface area contributed by atoms with Crippen molar-refractivity contribution < 1.29 is 24.1 Å². The van der Waals surface area contributed by atoms with E-state index in [0.717, 1.165) is 25.9 Å². The molecule has 3 atom stereocenters. The first-order chi connectivity index (χ1) is 9.89. The summed E-state index contributed by atoms with van der Waals surface area (Å²) in [7, 11) is 0. The van der Waals surface area contributed by atoms with Gasteiger partial charge in [0, 0.05) is 6.61 Å². The van der Waals surface area contributed by atoms with Gasteiger partial charge in [-0.25, -0.2) is 4.79 Å². The van der Waals surface area contributed by atoms with Gasteiger partial charge in [0.25, 0.3) is 0 Å². The van der Waals surface area contributed by atoms with Gasteiger partial charge in [0.15, 0.2) is 6.29 Å². The summed E-state index contributed by atoms with van der Waals surface area (Å²) in [6.45, 7) is 6.59. The highest BCUT2D eigenvalue weighted by molar-refractivity contribution is 5.69. The zero-order valence-corrected chi connectivity index (χ0v) is 13.2. The molecule has 2 saturated heterocycles. The second kappa shape index (κ2) is 6.94. The van der Waals surface area contributed by atoms with E-state index in [1.807, 2.05) is 20.8 Å². The van der Waals surface area contributed by atoms with Crippen LogP contribution in [0.1, 0.15) is 46.5 Å². The average molecular weight is 301 g/mol. The van der Waals surface area contributed by atoms with Crippen LogP contribution in [0.3, 0.4) is 0 Å². The smallest absolute Gasteiger partial charge is 0.410 e. The maximum atomic E-state index is 12.2. The Balaban J connectivity index is 1.88. The lowest BCUT2D eigenvalue weighted by Gasteiger charge is -2.28. The summed E-state index contributed by atoms with van der Waals surface area (Å²) in [6, 6.07) is -0.242. The number of carbonyl (C=O) groups is 1. The largest absolute Gasteiger partial charge is 0.444 e. The van der Waals surface area contributed by atoms with Crippen LogP contribution in [-0.4, -0.2) is 59.9 Å². The Morgan fingerprint density at radius 2 is 2.14 bits per heavy atom. The van der Waals surface area contributed by atoms with E-state index < -0.39 is 11.7 Å². The maximum absolute atomic E-state index is 12.2. The molecule has 2 aliphatic heterocycles. The van der Waals surface area contributed by atoms with Gasteiger partial charge in [-0.15, -0.1) is 0 Å². The molecule has 0 aromatic carbocycles. The average Bonchev–Trinajstić information content (AvgIpc) is 2.81. The van der Waals surface area contributed by atoms with Crippen molar-refractivity contribution in [3.63, 3.8) is 0 Å². The van der Waals surface area contributed by atoms with Gasteiger partial charge >= 0.3 is 6.09 Å². The minimum atomic E-state index is -0.539. The fourth-order valence-electron chi connectivity index (χ4n) is 2.72. The number of likely N-dealkylation sites (tertiary alicyclic amines) is 1. The van der Waals surface area contributed by atoms with E-state index in [-0.39, 0.29) is 25.0 Å². The SMILES string of the molecule is CC(C)(C)OC(=O)N1C[C@H](OC2CCCCO2)C[C@@H]1CO. The maximum Gasteiger partial charge on any atom is 0.410 e. The predicted molar refractivity (Wildman–Crippen MR) is 76.9 cm³/mol. The summed E-state index contributed by atoms with van der Waals surface area (Å²) >= 11 is 0. The van der Waals surface area contributed by atoms with Gasteiger partial charge < -0.3 is 24.2 Å². The summed E-state index contributed by atoms with van der Waals surface area (Å²) in [6.07, 6.45) is 3.03. The van der Waals surface area contributed by atoms with Crippen molar-refractivity contribution in [2.24, 2.45) is 0 Å². The monoisotopic (exact) mass is 301 g/mol. The molecule has 6 heteroatoms. The van der Waals surface area contributed by atoms with Crippen LogP contribution in [-0.2, 0) is 14.2 Å². The Labute approximate surface area is 126 Å². The quantitative estimate of drug-likeness (QED) is 0.862. The first-order valence-corrected chi connectivity index (χ1v) is 7.76. The third-order valence-electron chi connectivity index (χ3n) is 3.70. The van der Waals surface area contributed by atoms with Gasteiger partial charge in [-0.05, 0) is 46.5 Å². The van der Waals surface area contributed by atoms with Crippen molar-refractivity contribution in [1.82, 2.24) is 4.90 Å². The Morgan fingerprint density at radius 3 is 2.71 bits per heavy atom. The highest BCUT2D eigenvalue weighted by Gasteiger charge is 2.38. The predicted octanol–water partition coefficient (Wildman–Crippen LogP) is 1.90. The molecule has 0 saturated carbocycles. The molecular formula is C15H27NO5. The molecule has 2 heterocycles. The summed E-state index contributed by atoms with van der Waals surface area (Å²) in [5.74, 6) is 0. The Morgan fingerprint density at radius 1 is 1.38 bits per heavy atom. The number of carbonyl (C=O) groups excluding carboxylic acids is 1. The zero-order chi connectivity index (χ0) is 15.5. The topological polar surface area (TPSA) is 68.2 Å². The third-order valence-corrected chi connectivity index (χ3v) is 3.70. The number of hydrogen-bond acceptors (Lipinski definition) is 5. The fourth-order valence-corrected chi connectivity index (χ4v) is 2.72. The number of hydrogen-bond donors (Lipinski definition) is 1. The van der Waals surface area contributed by atoms with E-state index in [1.165, 1.54) is 0 Å². The van der Waals surface area contributed by atoms with Gasteiger partial charge in [-0.2, -0.15) is 0 Å². The van der Waals surface area contributed by atoms with Crippen LogP contribution in [0.5, 0.6) is 0 Å². The van der Waals surface area contributed by atoms with Crippen LogP contribution in [0.4, 0.5) is 4.79 Å². The van der Waals surface area contributed by atoms with Crippen molar-refractivity contribution in [2.45, 2.75) is 70.5 Å². The van der Waals surface area contributed by atoms with Gasteiger partial charge in [0.05, 0.1) is 25.3 Å². The molecule has 0 spiro atoms. The molecule has 2 rings (SSSR count). The molecule has 2 fully saturated rings. The standard InChI is InChI=1S/C15H27NO5/c1-15(2,3)21-14(18)16-9-12(8-11(16)10-17)20-13-6-4-5-7-19-13/h11-13,17H,4-10H2,1-3H3/t11-,12-,13?/m1/s1. The molecule has 0 aromatic rings. The molecule has 0 aliphatic carbocycles. The van der Waals surface area contributed by atoms with Crippen LogP contribution in [0.2, 0.25) is 0 Å². The highest BCUT2D eigenvalue weighted by Crippen LogP contribution is 2.26. The molecule has 1 amide bonds. The third kappa shape index (κ3) is 4.83. The van der Waals surface area contributed by atoms with Crippen molar-refractivity contribution in [1.29, 1.82) is 0 Å². The molecule has 1 unspecified atom stereocenters. The molecule has 0 aromatic heterocycles. The number of aliphatic hydroxyl groups excluding tert-OH is 1. The van der Waals surface area contributed by atoms with Gasteiger partial charge in [0.1, 0.15) is 5.60 Å². The minimum absolute atomic E-state index is 0.0787. The molecule has 0 radical (unpaired) electrons. The number of nitrogens with zero attached hydrogens (tertiary/aromatic N) is 1. The second-order valence-corrected chi connectivity index (χ2v) is 6.76. The van der Waals surface area contributed by atoms with E-state index in [0.29, 0.717) is 13.0 Å². The number of ether oxygens (including phenoxy) is 3. The van der Waals surface area contributed by atoms with Crippen molar-refractivity contribution in [3.8, 4) is 0 Å². The lowest BCUT2D eigenvalue weighted by Crippen LogP contribution is -2.41. The Bertz CT molecular complexity index is 348. The summed E-state index contributed by atoms with van der Waals surface area (Å²) in [5, 5.41) is 9.47. The normalized spacial score (nSPS) is 30.5. The number of aliphatic hydroxyl groups is 1.